The summed E-state index contributed by atoms with van der Waals surface area (Å²) in [7, 11) is 1.52. The molecule has 0 bridgehead atoms. The molecule has 0 aliphatic carbocycles. The van der Waals surface area contributed by atoms with Crippen molar-refractivity contribution in [2.75, 3.05) is 0 Å². The smallest absolute Gasteiger partial charge is 0.357 e. The Kier molecular flexibility index (Phi) is 3.31. The molecule has 16 heavy (non-hydrogen) atoms. The quantitative estimate of drug-likeness (QED) is 0.807. The van der Waals surface area contributed by atoms with Crippen molar-refractivity contribution < 1.29 is 19.8 Å². The van der Waals surface area contributed by atoms with E-state index in [9.17, 15) is 9.59 Å². The molecule has 1 unspecified atom stereocenters. The standard InChI is InChI=1S/C10H14N2O4/c1-4-5(2)8-11-6(9(13)14)7(10(15)16)12(8)3/h5H,4H2,1-3H3,(H,13,14)(H,15,16). The molecule has 0 spiro atoms. The summed E-state index contributed by atoms with van der Waals surface area (Å²) < 4.78 is 1.33. The summed E-state index contributed by atoms with van der Waals surface area (Å²) in [5, 5.41) is 17.8. The van der Waals surface area contributed by atoms with E-state index in [1.54, 1.807) is 0 Å². The van der Waals surface area contributed by atoms with Crippen LogP contribution in [0.4, 0.5) is 0 Å². The molecule has 88 valence electrons. The number of hydrogen-bond donors (Lipinski definition) is 2. The van der Waals surface area contributed by atoms with Crippen molar-refractivity contribution in [2.45, 2.75) is 26.2 Å². The fourth-order valence-corrected chi connectivity index (χ4v) is 1.53. The molecule has 0 saturated carbocycles. The maximum absolute atomic E-state index is 10.9. The Morgan fingerprint density at radius 3 is 2.25 bits per heavy atom. The highest BCUT2D eigenvalue weighted by atomic mass is 16.4. The lowest BCUT2D eigenvalue weighted by Gasteiger charge is -2.08. The predicted molar refractivity (Wildman–Crippen MR) is 55.8 cm³/mol. The molecule has 0 radical (unpaired) electrons. The van der Waals surface area contributed by atoms with E-state index in [0.717, 1.165) is 6.42 Å². The maximum atomic E-state index is 10.9. The second-order valence-electron chi connectivity index (χ2n) is 3.65. The van der Waals surface area contributed by atoms with Gasteiger partial charge in [-0.25, -0.2) is 14.6 Å². The Morgan fingerprint density at radius 1 is 1.38 bits per heavy atom. The van der Waals surface area contributed by atoms with E-state index in [0.29, 0.717) is 5.82 Å². The van der Waals surface area contributed by atoms with Gasteiger partial charge in [-0.2, -0.15) is 0 Å². The molecule has 1 atom stereocenters. The molecule has 2 N–H and O–H groups in total. The number of carboxylic acid groups (broad SMARTS) is 2. The van der Waals surface area contributed by atoms with Gasteiger partial charge in [-0.3, -0.25) is 0 Å². The van der Waals surface area contributed by atoms with Crippen molar-refractivity contribution in [2.24, 2.45) is 7.05 Å². The zero-order valence-corrected chi connectivity index (χ0v) is 9.39. The first kappa shape index (κ1) is 12.2. The summed E-state index contributed by atoms with van der Waals surface area (Å²) >= 11 is 0. The molecule has 1 aromatic rings. The van der Waals surface area contributed by atoms with Gasteiger partial charge in [0.2, 0.25) is 0 Å². The largest absolute Gasteiger partial charge is 0.476 e. The number of aromatic carboxylic acids is 2. The van der Waals surface area contributed by atoms with Gasteiger partial charge in [-0.1, -0.05) is 13.8 Å². The average molecular weight is 226 g/mol. The number of rotatable bonds is 4. The molecule has 1 heterocycles. The fraction of sp³-hybridized carbons (Fsp3) is 0.500. The molecule has 0 aliphatic rings. The summed E-state index contributed by atoms with van der Waals surface area (Å²) in [5.41, 5.74) is -0.673. The number of imidazole rings is 1. The summed E-state index contributed by atoms with van der Waals surface area (Å²) in [6.45, 7) is 3.81. The fourth-order valence-electron chi connectivity index (χ4n) is 1.53. The van der Waals surface area contributed by atoms with E-state index in [2.05, 4.69) is 4.98 Å². The van der Waals surface area contributed by atoms with Gasteiger partial charge in [0.25, 0.3) is 0 Å². The Morgan fingerprint density at radius 2 is 1.94 bits per heavy atom. The van der Waals surface area contributed by atoms with Gasteiger partial charge < -0.3 is 14.8 Å². The summed E-state index contributed by atoms with van der Waals surface area (Å²) in [6.07, 6.45) is 0.767. The Hall–Kier alpha value is -1.85. The van der Waals surface area contributed by atoms with Gasteiger partial charge in [-0.05, 0) is 6.42 Å². The van der Waals surface area contributed by atoms with Crippen LogP contribution in [0.15, 0.2) is 0 Å². The normalized spacial score (nSPS) is 12.4. The van der Waals surface area contributed by atoms with Crippen LogP contribution in [-0.4, -0.2) is 31.7 Å². The third kappa shape index (κ3) is 1.91. The average Bonchev–Trinajstić information content (AvgIpc) is 2.55. The number of aromatic nitrogens is 2. The Bertz CT molecular complexity index is 436. The predicted octanol–water partition coefficient (Wildman–Crippen LogP) is 1.33. The van der Waals surface area contributed by atoms with Gasteiger partial charge in [-0.15, -0.1) is 0 Å². The molecule has 1 aromatic heterocycles. The van der Waals surface area contributed by atoms with Gasteiger partial charge in [0, 0.05) is 13.0 Å². The molecule has 6 nitrogen and oxygen atoms in total. The molecule has 0 saturated heterocycles. The van der Waals surface area contributed by atoms with Crippen molar-refractivity contribution in [3.05, 3.63) is 17.2 Å². The van der Waals surface area contributed by atoms with Crippen LogP contribution < -0.4 is 0 Å². The second kappa shape index (κ2) is 4.34. The van der Waals surface area contributed by atoms with Crippen molar-refractivity contribution in [1.29, 1.82) is 0 Å². The highest BCUT2D eigenvalue weighted by Crippen LogP contribution is 2.20. The molecular formula is C10H14N2O4. The zero-order chi connectivity index (χ0) is 12.5. The topological polar surface area (TPSA) is 92.4 Å². The van der Waals surface area contributed by atoms with Crippen molar-refractivity contribution in [1.82, 2.24) is 9.55 Å². The van der Waals surface area contributed by atoms with Gasteiger partial charge in [0.05, 0.1) is 0 Å². The van der Waals surface area contributed by atoms with Crippen LogP contribution in [0.1, 0.15) is 53.0 Å². The summed E-state index contributed by atoms with van der Waals surface area (Å²) in [5.74, 6) is -2.09. The molecule has 0 fully saturated rings. The van der Waals surface area contributed by atoms with Crippen LogP contribution in [0, 0.1) is 0 Å². The Balaban J connectivity index is 3.41. The number of nitrogens with zero attached hydrogens (tertiary/aromatic N) is 2. The minimum absolute atomic E-state index is 0.0243. The van der Waals surface area contributed by atoms with E-state index in [4.69, 9.17) is 10.2 Å². The van der Waals surface area contributed by atoms with Crippen molar-refractivity contribution in [3.8, 4) is 0 Å². The van der Waals surface area contributed by atoms with Crippen LogP contribution in [-0.2, 0) is 7.05 Å². The van der Waals surface area contributed by atoms with Gasteiger partial charge >= 0.3 is 11.9 Å². The second-order valence-corrected chi connectivity index (χ2v) is 3.65. The van der Waals surface area contributed by atoms with E-state index in [1.807, 2.05) is 13.8 Å². The number of carbonyl (C=O) groups is 2. The van der Waals surface area contributed by atoms with E-state index < -0.39 is 17.6 Å². The van der Waals surface area contributed by atoms with Gasteiger partial charge in [0.15, 0.2) is 11.4 Å². The SMILES string of the molecule is CCC(C)c1nc(C(=O)O)c(C(=O)O)n1C. The first-order chi connectivity index (χ1) is 7.40. The van der Waals surface area contributed by atoms with Crippen LogP contribution in [0.3, 0.4) is 0 Å². The first-order valence-electron chi connectivity index (χ1n) is 4.93. The van der Waals surface area contributed by atoms with Crippen LogP contribution in [0.5, 0.6) is 0 Å². The third-order valence-electron chi connectivity index (χ3n) is 2.59. The summed E-state index contributed by atoms with van der Waals surface area (Å²) in [6, 6.07) is 0. The highest BCUT2D eigenvalue weighted by molar-refractivity contribution is 5.99. The van der Waals surface area contributed by atoms with E-state index in [1.165, 1.54) is 11.6 Å². The monoisotopic (exact) mass is 226 g/mol. The Labute approximate surface area is 92.5 Å². The zero-order valence-electron chi connectivity index (χ0n) is 9.39. The van der Waals surface area contributed by atoms with E-state index in [-0.39, 0.29) is 11.6 Å². The minimum Gasteiger partial charge on any atom is -0.476 e. The number of carboxylic acids is 2. The van der Waals surface area contributed by atoms with Crippen molar-refractivity contribution >= 4 is 11.9 Å². The van der Waals surface area contributed by atoms with Gasteiger partial charge in [0.1, 0.15) is 5.82 Å². The highest BCUT2D eigenvalue weighted by Gasteiger charge is 2.26. The molecular weight excluding hydrogens is 212 g/mol. The number of hydrogen-bond acceptors (Lipinski definition) is 3. The van der Waals surface area contributed by atoms with E-state index >= 15 is 0 Å². The molecule has 0 amide bonds. The molecule has 6 heteroatoms. The lowest BCUT2D eigenvalue weighted by molar-refractivity contribution is 0.0641. The maximum Gasteiger partial charge on any atom is 0.357 e. The molecule has 0 aliphatic heterocycles. The lowest BCUT2D eigenvalue weighted by Crippen LogP contribution is -2.12. The minimum atomic E-state index is -1.32. The first-order valence-corrected chi connectivity index (χ1v) is 4.93. The van der Waals surface area contributed by atoms with Crippen LogP contribution in [0.25, 0.3) is 0 Å². The lowest BCUT2D eigenvalue weighted by atomic mass is 10.1. The molecule has 0 aromatic carbocycles. The van der Waals surface area contributed by atoms with Crippen molar-refractivity contribution in [3.63, 3.8) is 0 Å². The molecule has 1 rings (SSSR count). The van der Waals surface area contributed by atoms with Crippen LogP contribution >= 0.6 is 0 Å². The third-order valence-corrected chi connectivity index (χ3v) is 2.59. The van der Waals surface area contributed by atoms with Crippen LogP contribution in [0.2, 0.25) is 0 Å². The summed E-state index contributed by atoms with van der Waals surface area (Å²) in [4.78, 5) is 25.7.